The van der Waals surface area contributed by atoms with Gasteiger partial charge in [0, 0.05) is 19.3 Å². The van der Waals surface area contributed by atoms with Crippen molar-refractivity contribution in [1.29, 1.82) is 0 Å². The van der Waals surface area contributed by atoms with E-state index in [0.29, 0.717) is 5.92 Å². The van der Waals surface area contributed by atoms with Crippen LogP contribution in [0.15, 0.2) is 30.3 Å². The minimum Gasteiger partial charge on any atom is -0.454 e. The second-order valence-electron chi connectivity index (χ2n) is 7.45. The van der Waals surface area contributed by atoms with Crippen molar-refractivity contribution in [3.8, 4) is 0 Å². The van der Waals surface area contributed by atoms with Gasteiger partial charge in [-0.3, -0.25) is 4.79 Å². The molecular weight excluding hydrogens is 286 g/mol. The molecule has 1 saturated carbocycles. The highest BCUT2D eigenvalue weighted by Crippen LogP contribution is 2.38. The van der Waals surface area contributed by atoms with Crippen LogP contribution in [-0.4, -0.2) is 25.1 Å². The molecule has 0 aromatic heterocycles. The number of quaternary nitrogens is 1. The van der Waals surface area contributed by atoms with Gasteiger partial charge in [-0.15, -0.1) is 0 Å². The van der Waals surface area contributed by atoms with Crippen LogP contribution in [0, 0.1) is 5.92 Å². The van der Waals surface area contributed by atoms with Crippen molar-refractivity contribution in [2.75, 3.05) is 13.1 Å². The van der Waals surface area contributed by atoms with Crippen molar-refractivity contribution >= 4 is 5.97 Å². The van der Waals surface area contributed by atoms with Crippen molar-refractivity contribution in [3.05, 3.63) is 35.9 Å². The van der Waals surface area contributed by atoms with Crippen LogP contribution in [-0.2, 0) is 15.1 Å². The summed E-state index contributed by atoms with van der Waals surface area (Å²) in [6.45, 7) is 6.01. The molecule has 0 bridgehead atoms. The molecule has 1 heterocycles. The standard InChI is InChI=1S/C20H29NO2/c1-16-15-21(19-11-7-4-8-12-19)14-13-20(16,23-17(2)22)18-9-5-3-6-10-18/h3,5-6,9-10,16,19H,4,7-8,11-15H2,1-2H3/p+1/t16-,20+/m0/s1. The highest BCUT2D eigenvalue weighted by Gasteiger charge is 2.48. The van der Waals surface area contributed by atoms with Gasteiger partial charge >= 0.3 is 5.97 Å². The molecule has 1 aromatic rings. The molecule has 126 valence electrons. The zero-order valence-corrected chi connectivity index (χ0v) is 14.5. The van der Waals surface area contributed by atoms with Gasteiger partial charge in [0.25, 0.3) is 0 Å². The Morgan fingerprint density at radius 1 is 1.17 bits per heavy atom. The monoisotopic (exact) mass is 316 g/mol. The average molecular weight is 316 g/mol. The van der Waals surface area contributed by atoms with Crippen molar-refractivity contribution in [1.82, 2.24) is 0 Å². The van der Waals surface area contributed by atoms with E-state index in [2.05, 4.69) is 19.1 Å². The van der Waals surface area contributed by atoms with E-state index in [1.165, 1.54) is 39.0 Å². The van der Waals surface area contributed by atoms with Crippen LogP contribution in [0.5, 0.6) is 0 Å². The Morgan fingerprint density at radius 3 is 2.48 bits per heavy atom. The van der Waals surface area contributed by atoms with E-state index in [9.17, 15) is 4.79 Å². The smallest absolute Gasteiger partial charge is 0.303 e. The van der Waals surface area contributed by atoms with E-state index < -0.39 is 5.60 Å². The first kappa shape index (κ1) is 16.5. The molecule has 1 N–H and O–H groups in total. The molecule has 0 radical (unpaired) electrons. The fourth-order valence-electron chi connectivity index (χ4n) is 4.75. The van der Waals surface area contributed by atoms with Crippen LogP contribution in [0.2, 0.25) is 0 Å². The molecule has 0 amide bonds. The molecule has 2 fully saturated rings. The first-order valence-corrected chi connectivity index (χ1v) is 9.21. The fourth-order valence-corrected chi connectivity index (χ4v) is 4.75. The summed E-state index contributed by atoms with van der Waals surface area (Å²) in [5.74, 6) is 0.182. The average Bonchev–Trinajstić information content (AvgIpc) is 2.58. The van der Waals surface area contributed by atoms with Crippen molar-refractivity contribution in [3.63, 3.8) is 0 Å². The molecule has 1 unspecified atom stereocenters. The molecule has 1 aromatic carbocycles. The van der Waals surface area contributed by atoms with Gasteiger partial charge in [0.15, 0.2) is 5.60 Å². The van der Waals surface area contributed by atoms with Gasteiger partial charge in [-0.1, -0.05) is 43.7 Å². The number of likely N-dealkylation sites (tertiary alicyclic amines) is 1. The lowest BCUT2D eigenvalue weighted by Crippen LogP contribution is -3.18. The first-order chi connectivity index (χ1) is 11.1. The number of esters is 1. The van der Waals surface area contributed by atoms with Crippen LogP contribution in [0.1, 0.15) is 57.9 Å². The van der Waals surface area contributed by atoms with Crippen LogP contribution in [0.3, 0.4) is 0 Å². The third-order valence-electron chi connectivity index (χ3n) is 5.95. The molecule has 1 aliphatic heterocycles. The summed E-state index contributed by atoms with van der Waals surface area (Å²) in [7, 11) is 0. The summed E-state index contributed by atoms with van der Waals surface area (Å²) >= 11 is 0. The number of hydrogen-bond acceptors (Lipinski definition) is 2. The molecule has 1 saturated heterocycles. The van der Waals surface area contributed by atoms with E-state index >= 15 is 0 Å². The van der Waals surface area contributed by atoms with Crippen LogP contribution in [0.25, 0.3) is 0 Å². The molecular formula is C20H30NO2+. The third kappa shape index (κ3) is 3.45. The topological polar surface area (TPSA) is 30.7 Å². The summed E-state index contributed by atoms with van der Waals surface area (Å²) in [6.07, 6.45) is 7.85. The highest BCUT2D eigenvalue weighted by atomic mass is 16.6. The fraction of sp³-hybridized carbons (Fsp3) is 0.650. The number of carbonyl (C=O) groups is 1. The van der Waals surface area contributed by atoms with Crippen molar-refractivity contribution in [2.24, 2.45) is 5.92 Å². The molecule has 3 nitrogen and oxygen atoms in total. The number of piperidine rings is 1. The number of hydrogen-bond donors (Lipinski definition) is 1. The second-order valence-corrected chi connectivity index (χ2v) is 7.45. The van der Waals surface area contributed by atoms with Gasteiger partial charge in [0.1, 0.15) is 0 Å². The molecule has 2 aliphatic rings. The number of rotatable bonds is 3. The van der Waals surface area contributed by atoms with E-state index in [4.69, 9.17) is 4.74 Å². The SMILES string of the molecule is CC(=O)O[C@]1(c2ccccc2)CC[NH+](C2CCCCC2)C[C@@H]1C. The highest BCUT2D eigenvalue weighted by molar-refractivity contribution is 5.67. The number of ether oxygens (including phenoxy) is 1. The van der Waals surface area contributed by atoms with Gasteiger partial charge in [-0.2, -0.15) is 0 Å². The summed E-state index contributed by atoms with van der Waals surface area (Å²) in [6, 6.07) is 11.2. The minimum atomic E-state index is -0.439. The lowest BCUT2D eigenvalue weighted by molar-refractivity contribution is -0.937. The summed E-state index contributed by atoms with van der Waals surface area (Å²) in [5, 5.41) is 0. The van der Waals surface area contributed by atoms with E-state index in [1.54, 1.807) is 4.90 Å². The predicted molar refractivity (Wildman–Crippen MR) is 91.2 cm³/mol. The molecule has 3 atom stereocenters. The van der Waals surface area contributed by atoms with Gasteiger partial charge in [0.2, 0.25) is 0 Å². The zero-order chi connectivity index (χ0) is 16.3. The lowest BCUT2D eigenvalue weighted by atomic mass is 9.75. The van der Waals surface area contributed by atoms with E-state index in [-0.39, 0.29) is 5.97 Å². The lowest BCUT2D eigenvalue weighted by Gasteiger charge is -2.46. The Labute approximate surface area is 140 Å². The van der Waals surface area contributed by atoms with E-state index in [1.807, 2.05) is 18.2 Å². The molecule has 3 heteroatoms. The zero-order valence-electron chi connectivity index (χ0n) is 14.5. The Hall–Kier alpha value is -1.35. The van der Waals surface area contributed by atoms with Gasteiger partial charge in [-0.25, -0.2) is 0 Å². The second kappa shape index (κ2) is 7.04. The normalized spacial score (nSPS) is 32.4. The first-order valence-electron chi connectivity index (χ1n) is 9.21. The van der Waals surface area contributed by atoms with Crippen molar-refractivity contribution < 1.29 is 14.4 Å². The van der Waals surface area contributed by atoms with Gasteiger partial charge in [-0.05, 0) is 31.2 Å². The largest absolute Gasteiger partial charge is 0.454 e. The molecule has 23 heavy (non-hydrogen) atoms. The number of benzene rings is 1. The van der Waals surface area contributed by atoms with Gasteiger partial charge in [0.05, 0.1) is 19.1 Å². The molecule has 0 spiro atoms. The van der Waals surface area contributed by atoms with Gasteiger partial charge < -0.3 is 9.64 Å². The third-order valence-corrected chi connectivity index (χ3v) is 5.95. The molecule has 3 rings (SSSR count). The van der Waals surface area contributed by atoms with Crippen LogP contribution >= 0.6 is 0 Å². The quantitative estimate of drug-likeness (QED) is 0.869. The maximum Gasteiger partial charge on any atom is 0.303 e. The minimum absolute atomic E-state index is 0.165. The predicted octanol–water partition coefficient (Wildman–Crippen LogP) is 2.70. The maximum absolute atomic E-state index is 11.8. The number of nitrogens with one attached hydrogen (secondary N) is 1. The van der Waals surface area contributed by atoms with E-state index in [0.717, 1.165) is 31.1 Å². The summed E-state index contributed by atoms with van der Waals surface area (Å²) in [5.41, 5.74) is 0.719. The van der Waals surface area contributed by atoms with Crippen molar-refractivity contribution in [2.45, 2.75) is 64.0 Å². The maximum atomic E-state index is 11.8. The van der Waals surface area contributed by atoms with Crippen LogP contribution in [0.4, 0.5) is 0 Å². The molecule has 1 aliphatic carbocycles. The Balaban J connectivity index is 1.80. The Kier molecular flexibility index (Phi) is 5.05. The summed E-state index contributed by atoms with van der Waals surface area (Å²) in [4.78, 5) is 13.5. The Morgan fingerprint density at radius 2 is 1.87 bits per heavy atom. The Bertz CT molecular complexity index is 524. The number of carbonyl (C=O) groups excluding carboxylic acids is 1. The summed E-state index contributed by atoms with van der Waals surface area (Å²) < 4.78 is 5.96. The van der Waals surface area contributed by atoms with Crippen LogP contribution < -0.4 is 4.90 Å².